The van der Waals surface area contributed by atoms with Crippen LogP contribution >= 0.6 is 0 Å². The van der Waals surface area contributed by atoms with Crippen LogP contribution in [0.3, 0.4) is 0 Å². The number of amides is 4. The summed E-state index contributed by atoms with van der Waals surface area (Å²) in [6.45, 7) is 2.69. The minimum atomic E-state index is -1.76. The summed E-state index contributed by atoms with van der Waals surface area (Å²) in [7, 11) is 0. The number of carbonyl (C=O) groups is 4. The summed E-state index contributed by atoms with van der Waals surface area (Å²) in [5, 5.41) is -1.50. The van der Waals surface area contributed by atoms with E-state index in [1.54, 1.807) is 13.8 Å². The van der Waals surface area contributed by atoms with E-state index in [-0.39, 0.29) is 25.9 Å². The van der Waals surface area contributed by atoms with Crippen molar-refractivity contribution >= 4 is 34.4 Å². The number of nitrogens with zero attached hydrogens (tertiary/aromatic N) is 2. The minimum Gasteiger partial charge on any atom is -0.274 e. The predicted octanol–water partition coefficient (Wildman–Crippen LogP) is 3.41. The molecule has 0 aliphatic carbocycles. The number of hydrogen-bond donors (Lipinski definition) is 0. The average Bonchev–Trinajstić information content (AvgIpc) is 2.70. The third kappa shape index (κ3) is 2.24. The zero-order valence-corrected chi connectivity index (χ0v) is 15.9. The van der Waals surface area contributed by atoms with Gasteiger partial charge in [0.15, 0.2) is 23.3 Å². The van der Waals surface area contributed by atoms with E-state index in [2.05, 4.69) is 0 Å². The van der Waals surface area contributed by atoms with Gasteiger partial charge in [-0.05, 0) is 12.8 Å². The second kappa shape index (κ2) is 6.61. The first kappa shape index (κ1) is 20.0. The Bertz CT molecular complexity index is 1030. The fourth-order valence-corrected chi connectivity index (χ4v) is 4.01. The highest BCUT2D eigenvalue weighted by Gasteiger charge is 2.47. The van der Waals surface area contributed by atoms with Crippen molar-refractivity contribution in [2.75, 3.05) is 13.1 Å². The first-order chi connectivity index (χ1) is 14.2. The summed E-state index contributed by atoms with van der Waals surface area (Å²) in [6.07, 6.45) is 0.451. The molecule has 0 spiro atoms. The second-order valence-electron chi connectivity index (χ2n) is 7.03. The van der Waals surface area contributed by atoms with Gasteiger partial charge >= 0.3 is 0 Å². The molecule has 4 rings (SSSR count). The highest BCUT2D eigenvalue weighted by Crippen LogP contribution is 2.43. The molecule has 30 heavy (non-hydrogen) atoms. The second-order valence-corrected chi connectivity index (χ2v) is 7.03. The summed E-state index contributed by atoms with van der Waals surface area (Å²) in [5.41, 5.74) is -4.00. The molecule has 0 unspecified atom stereocenters. The zero-order chi connectivity index (χ0) is 22.1. The maximum absolute atomic E-state index is 15.0. The molecule has 0 N–H and O–H groups in total. The molecule has 0 saturated carbocycles. The van der Waals surface area contributed by atoms with Crippen molar-refractivity contribution < 1.29 is 36.7 Å². The van der Waals surface area contributed by atoms with Crippen LogP contribution in [-0.2, 0) is 0 Å². The zero-order valence-electron chi connectivity index (χ0n) is 15.9. The van der Waals surface area contributed by atoms with Crippen molar-refractivity contribution in [3.63, 3.8) is 0 Å². The number of hydrogen-bond acceptors (Lipinski definition) is 4. The lowest BCUT2D eigenvalue weighted by Crippen LogP contribution is -2.46. The van der Waals surface area contributed by atoms with E-state index in [1.165, 1.54) is 0 Å². The molecule has 2 heterocycles. The van der Waals surface area contributed by atoms with Crippen LogP contribution in [0.4, 0.5) is 17.6 Å². The van der Waals surface area contributed by atoms with Crippen molar-refractivity contribution in [2.45, 2.75) is 26.7 Å². The summed E-state index contributed by atoms with van der Waals surface area (Å²) in [4.78, 5) is 51.9. The van der Waals surface area contributed by atoms with Crippen molar-refractivity contribution in [3.05, 3.63) is 45.5 Å². The number of benzene rings is 2. The van der Waals surface area contributed by atoms with Gasteiger partial charge in [-0.2, -0.15) is 0 Å². The van der Waals surface area contributed by atoms with E-state index in [0.717, 1.165) is 0 Å². The van der Waals surface area contributed by atoms with E-state index in [0.29, 0.717) is 9.80 Å². The lowest BCUT2D eigenvalue weighted by Gasteiger charge is -2.32. The minimum absolute atomic E-state index is 0.225. The lowest BCUT2D eigenvalue weighted by atomic mass is 9.84. The third-order valence-corrected chi connectivity index (χ3v) is 5.24. The normalized spacial score (nSPS) is 15.7. The Morgan fingerprint density at radius 1 is 0.533 bits per heavy atom. The molecular formula is C20H14F4N2O4. The number of imide groups is 2. The average molecular weight is 422 g/mol. The monoisotopic (exact) mass is 422 g/mol. The van der Waals surface area contributed by atoms with Crippen molar-refractivity contribution in [2.24, 2.45) is 0 Å². The van der Waals surface area contributed by atoms with Gasteiger partial charge < -0.3 is 0 Å². The van der Waals surface area contributed by atoms with Crippen LogP contribution in [-0.4, -0.2) is 46.5 Å². The Morgan fingerprint density at radius 2 is 0.767 bits per heavy atom. The first-order valence-electron chi connectivity index (χ1n) is 9.26. The molecule has 0 saturated heterocycles. The maximum Gasteiger partial charge on any atom is 0.264 e. The highest BCUT2D eigenvalue weighted by atomic mass is 19.2. The summed E-state index contributed by atoms with van der Waals surface area (Å²) in [5.74, 6) is -12.0. The van der Waals surface area contributed by atoms with Crippen LogP contribution in [0.25, 0.3) is 10.8 Å². The molecular weight excluding hydrogens is 408 g/mol. The van der Waals surface area contributed by atoms with Gasteiger partial charge in [0.05, 0.1) is 22.3 Å². The molecule has 0 bridgehead atoms. The van der Waals surface area contributed by atoms with Crippen molar-refractivity contribution in [1.29, 1.82) is 0 Å². The molecule has 156 valence electrons. The van der Waals surface area contributed by atoms with Crippen LogP contribution in [0, 0.1) is 23.3 Å². The van der Waals surface area contributed by atoms with Crippen LogP contribution < -0.4 is 0 Å². The largest absolute Gasteiger partial charge is 0.274 e. The fraction of sp³-hybridized carbons (Fsp3) is 0.300. The lowest BCUT2D eigenvalue weighted by molar-refractivity contribution is 0.0576. The molecule has 6 nitrogen and oxygen atoms in total. The Hall–Kier alpha value is -3.30. The van der Waals surface area contributed by atoms with E-state index >= 15 is 0 Å². The van der Waals surface area contributed by atoms with Gasteiger partial charge in [0.1, 0.15) is 0 Å². The molecule has 2 aromatic rings. The van der Waals surface area contributed by atoms with Gasteiger partial charge in [0.2, 0.25) is 0 Å². The molecule has 0 aromatic heterocycles. The third-order valence-electron chi connectivity index (χ3n) is 5.24. The quantitative estimate of drug-likeness (QED) is 0.559. The molecule has 0 fully saturated rings. The van der Waals surface area contributed by atoms with E-state index in [1.807, 2.05) is 0 Å². The van der Waals surface area contributed by atoms with Gasteiger partial charge in [-0.15, -0.1) is 0 Å². The number of carbonyl (C=O) groups excluding carboxylic acids is 4. The molecule has 10 heteroatoms. The molecule has 2 aromatic carbocycles. The first-order valence-corrected chi connectivity index (χ1v) is 9.26. The Kier molecular flexibility index (Phi) is 4.41. The van der Waals surface area contributed by atoms with Crippen LogP contribution in [0.1, 0.15) is 68.1 Å². The van der Waals surface area contributed by atoms with Gasteiger partial charge in [0, 0.05) is 23.9 Å². The molecule has 0 atom stereocenters. The highest BCUT2D eigenvalue weighted by molar-refractivity contribution is 6.33. The molecule has 0 radical (unpaired) electrons. The van der Waals surface area contributed by atoms with Gasteiger partial charge in [0.25, 0.3) is 23.6 Å². The molecule has 4 amide bonds. The Balaban J connectivity index is 2.24. The fourth-order valence-electron chi connectivity index (χ4n) is 4.01. The smallest absolute Gasteiger partial charge is 0.264 e. The van der Waals surface area contributed by atoms with E-state index in [4.69, 9.17) is 0 Å². The van der Waals surface area contributed by atoms with Crippen molar-refractivity contribution in [1.82, 2.24) is 9.80 Å². The van der Waals surface area contributed by atoms with Gasteiger partial charge in [-0.3, -0.25) is 29.0 Å². The Morgan fingerprint density at radius 3 is 0.967 bits per heavy atom. The molecule has 2 aliphatic rings. The summed E-state index contributed by atoms with van der Waals surface area (Å²) >= 11 is 0. The number of rotatable bonds is 4. The van der Waals surface area contributed by atoms with Crippen LogP contribution in [0.2, 0.25) is 0 Å². The van der Waals surface area contributed by atoms with Crippen LogP contribution in [0.5, 0.6) is 0 Å². The summed E-state index contributed by atoms with van der Waals surface area (Å²) < 4.78 is 59.8. The van der Waals surface area contributed by atoms with Gasteiger partial charge in [-0.25, -0.2) is 17.6 Å². The SMILES string of the molecule is CCCN1C(=O)c2c(F)c(F)c3c4c(c(F)c(F)c(c24)C1=O)C(=O)N(CCC)C3=O. The van der Waals surface area contributed by atoms with Crippen LogP contribution in [0.15, 0.2) is 0 Å². The topological polar surface area (TPSA) is 74.8 Å². The molecule has 2 aliphatic heterocycles. The maximum atomic E-state index is 15.0. The van der Waals surface area contributed by atoms with Crippen molar-refractivity contribution in [3.8, 4) is 0 Å². The standard InChI is InChI=1S/C20H14F4N2O4/c1-3-5-25-17(27)9-7-8-11(15(23)13(9)21)19(29)26(6-4-2)20(30)12(8)16(24)14(22)10(7)18(25)28/h3-6H2,1-2H3. The van der Waals surface area contributed by atoms with E-state index in [9.17, 15) is 36.7 Å². The van der Waals surface area contributed by atoms with Gasteiger partial charge in [-0.1, -0.05) is 13.8 Å². The summed E-state index contributed by atoms with van der Waals surface area (Å²) in [6, 6.07) is 0. The Labute approximate surface area is 167 Å². The number of halogens is 4. The predicted molar refractivity (Wildman–Crippen MR) is 95.1 cm³/mol. The van der Waals surface area contributed by atoms with E-state index < -0.39 is 79.9 Å².